The fourth-order valence-corrected chi connectivity index (χ4v) is 4.02. The van der Waals surface area contributed by atoms with Crippen LogP contribution in [0.4, 0.5) is 0 Å². The molecule has 1 aromatic heterocycles. The zero-order valence-corrected chi connectivity index (χ0v) is 17.8. The zero-order valence-electron chi connectivity index (χ0n) is 17.8. The largest absolute Gasteiger partial charge is 0.355 e. The Kier molecular flexibility index (Phi) is 6.77. The fraction of sp³-hybridized carbons (Fsp3) is 0.417. The van der Waals surface area contributed by atoms with Crippen molar-refractivity contribution in [2.24, 2.45) is 0 Å². The quantitative estimate of drug-likeness (QED) is 0.626. The van der Waals surface area contributed by atoms with Crippen LogP contribution in [0.2, 0.25) is 0 Å². The predicted octanol–water partition coefficient (Wildman–Crippen LogP) is 2.73. The number of rotatable bonds is 8. The molecular weight excluding hydrogens is 374 g/mol. The summed E-state index contributed by atoms with van der Waals surface area (Å²) < 4.78 is 2.34. The Labute approximate surface area is 178 Å². The molecule has 1 fully saturated rings. The number of para-hydroxylation sites is 2. The van der Waals surface area contributed by atoms with Gasteiger partial charge < -0.3 is 9.88 Å². The molecule has 6 heteroatoms. The molecule has 0 radical (unpaired) electrons. The molecule has 1 saturated heterocycles. The molecule has 0 saturated carbocycles. The number of piperazine rings is 1. The van der Waals surface area contributed by atoms with Crippen LogP contribution in [0, 0.1) is 0 Å². The smallest absolute Gasteiger partial charge is 0.234 e. The Balaban J connectivity index is 1.42. The van der Waals surface area contributed by atoms with Crippen LogP contribution in [0.5, 0.6) is 0 Å². The number of carbonyl (C=O) groups excluding carboxylic acids is 1. The standard InChI is InChI=1S/C24H31N5O/c1-2-12-25-24(30)19-28-15-13-27(14-16-28)18-23-26-21-10-6-7-11-22(21)29(23)17-20-8-4-3-5-9-20/h3-11H,2,12-19H2,1H3,(H,25,30). The van der Waals surface area contributed by atoms with Gasteiger partial charge in [0, 0.05) is 39.3 Å². The molecule has 3 aromatic rings. The van der Waals surface area contributed by atoms with E-state index >= 15 is 0 Å². The monoisotopic (exact) mass is 405 g/mol. The van der Waals surface area contributed by atoms with Crippen LogP contribution in [-0.4, -0.2) is 64.5 Å². The highest BCUT2D eigenvalue weighted by Gasteiger charge is 2.21. The van der Waals surface area contributed by atoms with Crippen LogP contribution in [-0.2, 0) is 17.9 Å². The predicted molar refractivity (Wildman–Crippen MR) is 120 cm³/mol. The minimum Gasteiger partial charge on any atom is -0.355 e. The van der Waals surface area contributed by atoms with Crippen molar-refractivity contribution in [2.45, 2.75) is 26.4 Å². The van der Waals surface area contributed by atoms with Gasteiger partial charge in [0.15, 0.2) is 0 Å². The second-order valence-electron chi connectivity index (χ2n) is 7.99. The molecule has 4 rings (SSSR count). The van der Waals surface area contributed by atoms with Crippen LogP contribution in [0.25, 0.3) is 11.0 Å². The molecule has 1 aliphatic heterocycles. The van der Waals surface area contributed by atoms with Gasteiger partial charge in [0.2, 0.25) is 5.91 Å². The van der Waals surface area contributed by atoms with Crippen molar-refractivity contribution in [1.29, 1.82) is 0 Å². The number of nitrogens with one attached hydrogen (secondary N) is 1. The van der Waals surface area contributed by atoms with E-state index in [-0.39, 0.29) is 5.91 Å². The average Bonchev–Trinajstić information content (AvgIpc) is 3.11. The third-order valence-corrected chi connectivity index (χ3v) is 5.69. The third-order valence-electron chi connectivity index (χ3n) is 5.69. The number of hydrogen-bond donors (Lipinski definition) is 1. The Bertz CT molecular complexity index is 960. The van der Waals surface area contributed by atoms with Gasteiger partial charge in [-0.05, 0) is 24.1 Å². The fourth-order valence-electron chi connectivity index (χ4n) is 4.02. The summed E-state index contributed by atoms with van der Waals surface area (Å²) in [5, 5.41) is 2.97. The summed E-state index contributed by atoms with van der Waals surface area (Å²) in [6.07, 6.45) is 0.976. The van der Waals surface area contributed by atoms with Gasteiger partial charge in [-0.1, -0.05) is 49.4 Å². The van der Waals surface area contributed by atoms with Crippen LogP contribution in [0.15, 0.2) is 54.6 Å². The number of benzene rings is 2. The Morgan fingerprint density at radius 3 is 2.40 bits per heavy atom. The lowest BCUT2D eigenvalue weighted by atomic mass is 10.2. The first-order valence-electron chi connectivity index (χ1n) is 10.9. The summed E-state index contributed by atoms with van der Waals surface area (Å²) in [5.41, 5.74) is 3.52. The Morgan fingerprint density at radius 2 is 1.63 bits per heavy atom. The number of hydrogen-bond acceptors (Lipinski definition) is 4. The van der Waals surface area contributed by atoms with Gasteiger partial charge in [0.25, 0.3) is 0 Å². The van der Waals surface area contributed by atoms with E-state index < -0.39 is 0 Å². The molecule has 0 atom stereocenters. The first-order chi connectivity index (χ1) is 14.7. The highest BCUT2D eigenvalue weighted by molar-refractivity contribution is 5.78. The number of aromatic nitrogens is 2. The maximum absolute atomic E-state index is 12.0. The Hall–Kier alpha value is -2.70. The molecule has 1 N–H and O–H groups in total. The molecule has 0 unspecified atom stereocenters. The van der Waals surface area contributed by atoms with E-state index in [1.165, 1.54) is 11.1 Å². The van der Waals surface area contributed by atoms with Crippen molar-refractivity contribution in [1.82, 2.24) is 24.7 Å². The number of nitrogens with zero attached hydrogens (tertiary/aromatic N) is 4. The summed E-state index contributed by atoms with van der Waals surface area (Å²) in [6.45, 7) is 8.73. The van der Waals surface area contributed by atoms with Crippen LogP contribution in [0.1, 0.15) is 24.7 Å². The van der Waals surface area contributed by atoms with Crippen LogP contribution in [0.3, 0.4) is 0 Å². The average molecular weight is 406 g/mol. The van der Waals surface area contributed by atoms with Gasteiger partial charge in [-0.25, -0.2) is 4.98 Å². The second kappa shape index (κ2) is 9.87. The number of fused-ring (bicyclic) bond motifs is 1. The van der Waals surface area contributed by atoms with Crippen molar-refractivity contribution in [3.05, 3.63) is 66.0 Å². The number of amides is 1. The van der Waals surface area contributed by atoms with E-state index in [1.807, 2.05) is 6.07 Å². The van der Waals surface area contributed by atoms with Crippen molar-refractivity contribution < 1.29 is 4.79 Å². The van der Waals surface area contributed by atoms with Gasteiger partial charge in [0.05, 0.1) is 24.1 Å². The molecule has 0 bridgehead atoms. The molecule has 158 valence electrons. The lowest BCUT2D eigenvalue weighted by Gasteiger charge is -2.34. The van der Waals surface area contributed by atoms with Crippen molar-refractivity contribution >= 4 is 16.9 Å². The zero-order chi connectivity index (χ0) is 20.8. The van der Waals surface area contributed by atoms with Crippen LogP contribution >= 0.6 is 0 Å². The van der Waals surface area contributed by atoms with E-state index in [0.29, 0.717) is 6.54 Å². The van der Waals surface area contributed by atoms with Gasteiger partial charge in [-0.15, -0.1) is 0 Å². The van der Waals surface area contributed by atoms with Crippen molar-refractivity contribution in [3.8, 4) is 0 Å². The topological polar surface area (TPSA) is 53.4 Å². The lowest BCUT2D eigenvalue weighted by Crippen LogP contribution is -2.49. The lowest BCUT2D eigenvalue weighted by molar-refractivity contribution is -0.122. The van der Waals surface area contributed by atoms with E-state index in [4.69, 9.17) is 4.98 Å². The number of carbonyl (C=O) groups is 1. The molecular formula is C24H31N5O. The summed E-state index contributed by atoms with van der Waals surface area (Å²) in [5.74, 6) is 1.24. The molecule has 2 aromatic carbocycles. The molecule has 30 heavy (non-hydrogen) atoms. The van der Waals surface area contributed by atoms with E-state index in [2.05, 4.69) is 75.1 Å². The summed E-state index contributed by atoms with van der Waals surface area (Å²) in [7, 11) is 0. The maximum Gasteiger partial charge on any atom is 0.234 e. The molecule has 6 nitrogen and oxygen atoms in total. The maximum atomic E-state index is 12.0. The summed E-state index contributed by atoms with van der Waals surface area (Å²) >= 11 is 0. The van der Waals surface area contributed by atoms with Gasteiger partial charge in [0.1, 0.15) is 5.82 Å². The second-order valence-corrected chi connectivity index (χ2v) is 7.99. The number of imidazole rings is 1. The first-order valence-corrected chi connectivity index (χ1v) is 10.9. The molecule has 1 aliphatic rings. The molecule has 0 spiro atoms. The van der Waals surface area contributed by atoms with Gasteiger partial charge >= 0.3 is 0 Å². The van der Waals surface area contributed by atoms with Gasteiger partial charge in [-0.2, -0.15) is 0 Å². The SMILES string of the molecule is CCCNC(=O)CN1CCN(Cc2nc3ccccc3n2Cc2ccccc2)CC1. The summed E-state index contributed by atoms with van der Waals surface area (Å²) in [6, 6.07) is 18.9. The van der Waals surface area contributed by atoms with E-state index in [9.17, 15) is 4.79 Å². The highest BCUT2D eigenvalue weighted by atomic mass is 16.2. The normalized spacial score (nSPS) is 15.5. The first kappa shape index (κ1) is 20.6. The third kappa shape index (κ3) is 5.07. The Morgan fingerprint density at radius 1 is 0.933 bits per heavy atom. The highest BCUT2D eigenvalue weighted by Crippen LogP contribution is 2.20. The minimum atomic E-state index is 0.134. The molecule has 0 aliphatic carbocycles. The van der Waals surface area contributed by atoms with Gasteiger partial charge in [-0.3, -0.25) is 14.6 Å². The van der Waals surface area contributed by atoms with Crippen LogP contribution < -0.4 is 5.32 Å². The van der Waals surface area contributed by atoms with Crippen molar-refractivity contribution in [3.63, 3.8) is 0 Å². The molecule has 1 amide bonds. The van der Waals surface area contributed by atoms with E-state index in [1.54, 1.807) is 0 Å². The molecule has 2 heterocycles. The summed E-state index contributed by atoms with van der Waals surface area (Å²) in [4.78, 5) is 21.6. The minimum absolute atomic E-state index is 0.134. The van der Waals surface area contributed by atoms with E-state index in [0.717, 1.165) is 63.6 Å². The van der Waals surface area contributed by atoms with Crippen molar-refractivity contribution in [2.75, 3.05) is 39.3 Å².